The minimum absolute atomic E-state index is 0.00212. The van der Waals surface area contributed by atoms with Crippen molar-refractivity contribution in [1.82, 2.24) is 30.2 Å². The lowest BCUT2D eigenvalue weighted by Gasteiger charge is -2.41. The van der Waals surface area contributed by atoms with Gasteiger partial charge in [-0.15, -0.1) is 11.3 Å². The Morgan fingerprint density at radius 3 is 2.86 bits per heavy atom. The van der Waals surface area contributed by atoms with Gasteiger partial charge in [0.25, 0.3) is 0 Å². The van der Waals surface area contributed by atoms with E-state index < -0.39 is 0 Å². The summed E-state index contributed by atoms with van der Waals surface area (Å²) < 4.78 is 6.23. The van der Waals surface area contributed by atoms with Gasteiger partial charge in [-0.3, -0.25) is 9.69 Å². The second-order valence-corrected chi connectivity index (χ2v) is 11.0. The molecule has 0 unspecified atom stereocenters. The molecule has 1 aliphatic rings. The number of rotatable bonds is 8. The third kappa shape index (κ3) is 5.52. The van der Waals surface area contributed by atoms with Crippen LogP contribution in [0.4, 0.5) is 5.82 Å². The smallest absolute Gasteiger partial charge is 0.237 e. The molecule has 36 heavy (non-hydrogen) atoms. The zero-order valence-electron chi connectivity index (χ0n) is 20.1. The number of fused-ring (bicyclic) bond motifs is 1. The third-order valence-electron chi connectivity index (χ3n) is 6.20. The molecule has 1 amide bonds. The second kappa shape index (κ2) is 10.5. The number of nitrogens with zero attached hydrogens (tertiary/aromatic N) is 5. The summed E-state index contributed by atoms with van der Waals surface area (Å²) in [4.78, 5) is 26.8. The fourth-order valence-corrected chi connectivity index (χ4v) is 5.42. The number of aromatic nitrogens is 3. The van der Waals surface area contributed by atoms with Gasteiger partial charge in [0.15, 0.2) is 5.76 Å². The van der Waals surface area contributed by atoms with Crippen molar-refractivity contribution in [2.24, 2.45) is 0 Å². The lowest BCUT2D eigenvalue weighted by atomic mass is 10.1. The van der Waals surface area contributed by atoms with Crippen molar-refractivity contribution in [3.8, 4) is 10.6 Å². The first-order chi connectivity index (χ1) is 17.4. The van der Waals surface area contributed by atoms with Gasteiger partial charge in [-0.25, -0.2) is 9.97 Å². The van der Waals surface area contributed by atoms with Gasteiger partial charge in [0.05, 0.1) is 33.0 Å². The zero-order chi connectivity index (χ0) is 25.2. The molecule has 188 valence electrons. The Morgan fingerprint density at radius 2 is 2.08 bits per heavy atom. The molecule has 0 saturated carbocycles. The fraction of sp³-hybridized carbons (Fsp3) is 0.360. The van der Waals surface area contributed by atoms with E-state index in [-0.39, 0.29) is 11.9 Å². The van der Waals surface area contributed by atoms with Crippen LogP contribution < -0.4 is 11.1 Å². The van der Waals surface area contributed by atoms with Crippen LogP contribution in [0.5, 0.6) is 0 Å². The van der Waals surface area contributed by atoms with Crippen molar-refractivity contribution in [3.63, 3.8) is 0 Å². The maximum Gasteiger partial charge on any atom is 0.237 e. The molecule has 3 N–H and O–H groups in total. The maximum atomic E-state index is 13.4. The van der Waals surface area contributed by atoms with E-state index in [1.807, 2.05) is 41.3 Å². The van der Waals surface area contributed by atoms with Gasteiger partial charge < -0.3 is 20.5 Å². The van der Waals surface area contributed by atoms with Gasteiger partial charge in [0, 0.05) is 43.7 Å². The highest BCUT2D eigenvalue weighted by molar-refractivity contribution is 7.19. The minimum Gasteiger partial charge on any atom is -0.383 e. The lowest BCUT2D eigenvalue weighted by molar-refractivity contribution is -0.140. The Labute approximate surface area is 218 Å². The number of nitrogens with one attached hydrogen (secondary N) is 1. The molecule has 1 atom stereocenters. The molecule has 1 aliphatic heterocycles. The van der Waals surface area contributed by atoms with Crippen LogP contribution in [0.1, 0.15) is 25.1 Å². The second-order valence-electron chi connectivity index (χ2n) is 9.30. The third-order valence-corrected chi connectivity index (χ3v) is 7.44. The van der Waals surface area contributed by atoms with E-state index in [0.717, 1.165) is 33.6 Å². The summed E-state index contributed by atoms with van der Waals surface area (Å²) >= 11 is 7.50. The highest BCUT2D eigenvalue weighted by atomic mass is 35.5. The maximum absolute atomic E-state index is 13.4. The molecule has 1 fully saturated rings. The summed E-state index contributed by atoms with van der Waals surface area (Å²) in [6.07, 6.45) is 1.46. The molecule has 0 spiro atoms. The van der Waals surface area contributed by atoms with Crippen molar-refractivity contribution in [3.05, 3.63) is 58.3 Å². The summed E-state index contributed by atoms with van der Waals surface area (Å²) in [5.74, 6) is 1.21. The largest absolute Gasteiger partial charge is 0.383 e. The molecule has 4 heterocycles. The summed E-state index contributed by atoms with van der Waals surface area (Å²) in [5, 5.41) is 8.54. The number of thiophene rings is 1. The van der Waals surface area contributed by atoms with E-state index in [9.17, 15) is 4.79 Å². The molecule has 3 aromatic heterocycles. The molecule has 0 bridgehead atoms. The van der Waals surface area contributed by atoms with E-state index in [0.29, 0.717) is 48.1 Å². The van der Waals surface area contributed by atoms with Gasteiger partial charge in [-0.05, 0) is 29.8 Å². The van der Waals surface area contributed by atoms with Crippen LogP contribution in [0.2, 0.25) is 4.34 Å². The Kier molecular flexibility index (Phi) is 7.20. The van der Waals surface area contributed by atoms with Gasteiger partial charge in [0.2, 0.25) is 5.91 Å². The summed E-state index contributed by atoms with van der Waals surface area (Å²) in [6, 6.07) is 11.9. The topological polar surface area (TPSA) is 113 Å². The number of halogens is 1. The molecule has 11 heteroatoms. The first-order valence-electron chi connectivity index (χ1n) is 11.8. The number of hydrogen-bond donors (Lipinski definition) is 2. The Balaban J connectivity index is 1.31. The molecule has 0 radical (unpaired) electrons. The van der Waals surface area contributed by atoms with Crippen molar-refractivity contribution in [1.29, 1.82) is 0 Å². The molecule has 1 aromatic carbocycles. The molecule has 5 rings (SSSR count). The molecular weight excluding hydrogens is 498 g/mol. The Morgan fingerprint density at radius 1 is 1.22 bits per heavy atom. The highest BCUT2D eigenvalue weighted by Crippen LogP contribution is 2.31. The monoisotopic (exact) mass is 525 g/mol. The number of nitrogen functional groups attached to an aromatic ring is 1. The van der Waals surface area contributed by atoms with E-state index in [4.69, 9.17) is 21.9 Å². The normalized spacial score (nSPS) is 16.9. The number of nitrogens with two attached hydrogens (primary N) is 1. The van der Waals surface area contributed by atoms with Crippen molar-refractivity contribution < 1.29 is 9.32 Å². The van der Waals surface area contributed by atoms with E-state index >= 15 is 0 Å². The van der Waals surface area contributed by atoms with Crippen LogP contribution in [0.25, 0.3) is 21.5 Å². The van der Waals surface area contributed by atoms with Crippen molar-refractivity contribution >= 4 is 45.6 Å². The Bertz CT molecular complexity index is 1370. The highest BCUT2D eigenvalue weighted by Gasteiger charge is 2.33. The zero-order valence-corrected chi connectivity index (χ0v) is 21.7. The van der Waals surface area contributed by atoms with Crippen molar-refractivity contribution in [2.75, 3.05) is 25.4 Å². The van der Waals surface area contributed by atoms with Crippen LogP contribution >= 0.6 is 22.9 Å². The SMILES string of the molecule is CC(C)NC[C@H]1CN(Cc2cc(-c3ccc(Cl)s3)on2)CC(=O)N1Cc1ccc2c(N)ncnc2c1. The molecule has 4 aromatic rings. The van der Waals surface area contributed by atoms with E-state index in [2.05, 4.69) is 39.2 Å². The number of carbonyl (C=O) groups is 1. The predicted octanol–water partition coefficient (Wildman–Crippen LogP) is 3.79. The number of benzene rings is 1. The number of anilines is 1. The first kappa shape index (κ1) is 24.6. The molecule has 9 nitrogen and oxygen atoms in total. The summed E-state index contributed by atoms with van der Waals surface area (Å²) in [6.45, 7) is 6.98. The average molecular weight is 526 g/mol. The molecule has 1 saturated heterocycles. The number of hydrogen-bond acceptors (Lipinski definition) is 9. The number of carbonyl (C=O) groups excluding carboxylic acids is 1. The summed E-state index contributed by atoms with van der Waals surface area (Å²) in [5.41, 5.74) is 8.54. The van der Waals surface area contributed by atoms with Gasteiger partial charge in [0.1, 0.15) is 12.1 Å². The fourth-order valence-electron chi connectivity index (χ4n) is 4.43. The van der Waals surface area contributed by atoms with E-state index in [1.165, 1.54) is 17.7 Å². The van der Waals surface area contributed by atoms with Gasteiger partial charge in [-0.1, -0.05) is 36.7 Å². The van der Waals surface area contributed by atoms with Gasteiger partial charge in [-0.2, -0.15) is 0 Å². The van der Waals surface area contributed by atoms with Crippen LogP contribution in [-0.4, -0.2) is 62.5 Å². The van der Waals surface area contributed by atoms with Crippen LogP contribution in [0.15, 0.2) is 47.2 Å². The molecular formula is C25H28ClN7O2S. The number of piperazine rings is 1. The van der Waals surface area contributed by atoms with Crippen LogP contribution in [-0.2, 0) is 17.9 Å². The lowest BCUT2D eigenvalue weighted by Crippen LogP contribution is -2.59. The van der Waals surface area contributed by atoms with Gasteiger partial charge >= 0.3 is 0 Å². The minimum atomic E-state index is 0.00212. The van der Waals surface area contributed by atoms with Crippen LogP contribution in [0, 0.1) is 0 Å². The summed E-state index contributed by atoms with van der Waals surface area (Å²) in [7, 11) is 0. The van der Waals surface area contributed by atoms with Crippen molar-refractivity contribution in [2.45, 2.75) is 39.0 Å². The molecule has 0 aliphatic carbocycles. The predicted molar refractivity (Wildman–Crippen MR) is 142 cm³/mol. The Hall–Kier alpha value is -3.05. The average Bonchev–Trinajstić information content (AvgIpc) is 3.48. The quantitative estimate of drug-likeness (QED) is 0.357. The standard InChI is InChI=1S/C25H28ClN7O2S/c1-15(2)28-9-18-12-32(11-17-8-21(35-31-17)22-5-6-23(26)36-22)13-24(34)33(18)10-16-3-4-19-20(7-16)29-14-30-25(19)27/h3-8,14-15,18,28H,9-13H2,1-2H3,(H2,27,29,30)/t18-/m0/s1. The first-order valence-corrected chi connectivity index (χ1v) is 13.0. The number of amides is 1. The van der Waals surface area contributed by atoms with Crippen LogP contribution in [0.3, 0.4) is 0 Å². The van der Waals surface area contributed by atoms with E-state index in [1.54, 1.807) is 0 Å².